The molecule has 0 radical (unpaired) electrons. The average molecular weight is 354 g/mol. The van der Waals surface area contributed by atoms with Crippen molar-refractivity contribution in [1.82, 2.24) is 0 Å². The highest BCUT2D eigenvalue weighted by Gasteiger charge is 2.18. The molecule has 0 fully saturated rings. The van der Waals surface area contributed by atoms with Crippen molar-refractivity contribution in [2.75, 3.05) is 7.11 Å². The van der Waals surface area contributed by atoms with Gasteiger partial charge in [0.1, 0.15) is 5.75 Å². The normalized spacial score (nSPS) is 13.3. The van der Waals surface area contributed by atoms with Crippen LogP contribution in [-0.2, 0) is 0 Å². The minimum atomic E-state index is -0.791. The van der Waals surface area contributed by atoms with E-state index in [0.717, 1.165) is 28.0 Å². The third kappa shape index (κ3) is 4.02. The van der Waals surface area contributed by atoms with E-state index in [1.54, 1.807) is 19.2 Å². The molecule has 2 atom stereocenters. The minimum Gasteiger partial charge on any atom is -0.497 e. The van der Waals surface area contributed by atoms with Gasteiger partial charge < -0.3 is 15.6 Å². The molecule has 3 nitrogen and oxygen atoms in total. The molecule has 0 amide bonds. The smallest absolute Gasteiger partial charge is 0.119 e. The van der Waals surface area contributed by atoms with Gasteiger partial charge in [-0.2, -0.15) is 0 Å². The molecule has 0 bridgehead atoms. The number of aliphatic hydroxyl groups is 1. The van der Waals surface area contributed by atoms with Crippen LogP contribution in [0, 0.1) is 0 Å². The summed E-state index contributed by atoms with van der Waals surface area (Å²) < 4.78 is 5.26. The fraction of sp³-hybridized carbons (Fsp3) is 0.143. The Balaban J connectivity index is 1.80. The first-order valence-corrected chi connectivity index (χ1v) is 8.40. The summed E-state index contributed by atoms with van der Waals surface area (Å²) in [6.07, 6.45) is -0.791. The molecule has 0 aromatic heterocycles. The Hall–Kier alpha value is -2.33. The third-order valence-corrected chi connectivity index (χ3v) is 4.50. The molecule has 25 heavy (non-hydrogen) atoms. The van der Waals surface area contributed by atoms with Crippen LogP contribution in [0.5, 0.6) is 5.75 Å². The highest BCUT2D eigenvalue weighted by Crippen LogP contribution is 2.30. The molecule has 0 unspecified atom stereocenters. The van der Waals surface area contributed by atoms with Crippen molar-refractivity contribution in [3.8, 4) is 16.9 Å². The fourth-order valence-corrected chi connectivity index (χ4v) is 2.88. The van der Waals surface area contributed by atoms with Gasteiger partial charge >= 0.3 is 0 Å². The summed E-state index contributed by atoms with van der Waals surface area (Å²) in [4.78, 5) is 0. The van der Waals surface area contributed by atoms with E-state index in [-0.39, 0.29) is 0 Å². The quantitative estimate of drug-likeness (QED) is 0.696. The fourth-order valence-electron chi connectivity index (χ4n) is 2.75. The predicted molar refractivity (Wildman–Crippen MR) is 102 cm³/mol. The predicted octanol–water partition coefficient (Wildman–Crippen LogP) is 4.75. The Morgan fingerprint density at radius 3 is 2.16 bits per heavy atom. The van der Waals surface area contributed by atoms with E-state index in [1.165, 1.54) is 0 Å². The van der Waals surface area contributed by atoms with E-state index in [1.807, 2.05) is 60.7 Å². The van der Waals surface area contributed by atoms with Gasteiger partial charge in [0, 0.05) is 5.02 Å². The maximum absolute atomic E-state index is 10.6. The first-order chi connectivity index (χ1) is 12.1. The molecule has 0 aliphatic heterocycles. The van der Waals surface area contributed by atoms with Crippen molar-refractivity contribution >= 4 is 11.6 Å². The Bertz CT molecular complexity index is 831. The van der Waals surface area contributed by atoms with Gasteiger partial charge in [-0.15, -0.1) is 0 Å². The molecule has 0 heterocycles. The Morgan fingerprint density at radius 2 is 1.52 bits per heavy atom. The molecule has 128 valence electrons. The van der Waals surface area contributed by atoms with E-state index in [9.17, 15) is 5.11 Å². The summed E-state index contributed by atoms with van der Waals surface area (Å²) in [5, 5.41) is 11.2. The first-order valence-electron chi connectivity index (χ1n) is 8.02. The number of rotatable bonds is 5. The molecule has 3 N–H and O–H groups in total. The molecular formula is C21H20ClNO2. The van der Waals surface area contributed by atoms with Crippen molar-refractivity contribution in [3.63, 3.8) is 0 Å². The highest BCUT2D eigenvalue weighted by molar-refractivity contribution is 6.30. The second kappa shape index (κ2) is 7.70. The average Bonchev–Trinajstić information content (AvgIpc) is 2.67. The van der Waals surface area contributed by atoms with Crippen molar-refractivity contribution in [1.29, 1.82) is 0 Å². The third-order valence-electron chi connectivity index (χ3n) is 4.25. The number of aliphatic hydroxyl groups excluding tert-OH is 1. The van der Waals surface area contributed by atoms with Crippen LogP contribution in [0.15, 0.2) is 72.8 Å². The summed E-state index contributed by atoms with van der Waals surface area (Å²) >= 11 is 5.90. The zero-order chi connectivity index (χ0) is 17.8. The molecule has 3 aromatic rings. The van der Waals surface area contributed by atoms with Gasteiger partial charge in [0.2, 0.25) is 0 Å². The van der Waals surface area contributed by atoms with Gasteiger partial charge in [-0.25, -0.2) is 0 Å². The largest absolute Gasteiger partial charge is 0.497 e. The summed E-state index contributed by atoms with van der Waals surface area (Å²) in [6, 6.07) is 22.3. The van der Waals surface area contributed by atoms with Crippen LogP contribution in [-0.4, -0.2) is 12.2 Å². The van der Waals surface area contributed by atoms with Crippen molar-refractivity contribution in [3.05, 3.63) is 88.9 Å². The molecule has 3 rings (SSSR count). The number of methoxy groups -OCH3 is 1. The molecule has 0 saturated heterocycles. The maximum atomic E-state index is 10.6. The zero-order valence-corrected chi connectivity index (χ0v) is 14.6. The van der Waals surface area contributed by atoms with Crippen LogP contribution in [0.25, 0.3) is 11.1 Å². The van der Waals surface area contributed by atoms with E-state index in [4.69, 9.17) is 22.1 Å². The van der Waals surface area contributed by atoms with Gasteiger partial charge in [-0.05, 0) is 46.5 Å². The number of benzene rings is 3. The Kier molecular flexibility index (Phi) is 5.39. The Labute approximate surface area is 152 Å². The summed E-state index contributed by atoms with van der Waals surface area (Å²) in [5.74, 6) is 0.811. The SMILES string of the molecule is COc1cccc(-c2ccc([C@@H](O)[C@@H](N)c3ccc(Cl)cc3)cc2)c1. The number of ether oxygens (including phenoxy) is 1. The lowest BCUT2D eigenvalue weighted by Crippen LogP contribution is -2.19. The summed E-state index contributed by atoms with van der Waals surface area (Å²) in [6.45, 7) is 0. The topological polar surface area (TPSA) is 55.5 Å². The number of halogens is 1. The number of hydrogen-bond acceptors (Lipinski definition) is 3. The van der Waals surface area contributed by atoms with Gasteiger partial charge in [0.15, 0.2) is 0 Å². The van der Waals surface area contributed by atoms with Crippen molar-refractivity contribution < 1.29 is 9.84 Å². The molecule has 0 saturated carbocycles. The molecule has 3 aromatic carbocycles. The Morgan fingerprint density at radius 1 is 0.880 bits per heavy atom. The van der Waals surface area contributed by atoms with E-state index in [0.29, 0.717) is 5.02 Å². The zero-order valence-electron chi connectivity index (χ0n) is 13.9. The van der Waals surface area contributed by atoms with Crippen LogP contribution in [0.2, 0.25) is 5.02 Å². The summed E-state index contributed by atoms with van der Waals surface area (Å²) in [7, 11) is 1.65. The molecule has 0 spiro atoms. The maximum Gasteiger partial charge on any atom is 0.119 e. The van der Waals surface area contributed by atoms with E-state index >= 15 is 0 Å². The highest BCUT2D eigenvalue weighted by atomic mass is 35.5. The lowest BCUT2D eigenvalue weighted by Gasteiger charge is -2.20. The van der Waals surface area contributed by atoms with Crippen molar-refractivity contribution in [2.45, 2.75) is 12.1 Å². The van der Waals surface area contributed by atoms with Crippen LogP contribution >= 0.6 is 11.6 Å². The minimum absolute atomic E-state index is 0.514. The second-order valence-electron chi connectivity index (χ2n) is 5.88. The molecular weight excluding hydrogens is 334 g/mol. The van der Waals surface area contributed by atoms with Crippen LogP contribution in [0.1, 0.15) is 23.3 Å². The van der Waals surface area contributed by atoms with Crippen LogP contribution in [0.4, 0.5) is 0 Å². The molecule has 4 heteroatoms. The monoisotopic (exact) mass is 353 g/mol. The van der Waals surface area contributed by atoms with Gasteiger partial charge in [0.05, 0.1) is 19.3 Å². The second-order valence-corrected chi connectivity index (χ2v) is 6.31. The van der Waals surface area contributed by atoms with Gasteiger partial charge in [-0.3, -0.25) is 0 Å². The van der Waals surface area contributed by atoms with Crippen LogP contribution < -0.4 is 10.5 Å². The lowest BCUT2D eigenvalue weighted by atomic mass is 9.95. The van der Waals surface area contributed by atoms with Crippen LogP contribution in [0.3, 0.4) is 0 Å². The molecule has 0 aliphatic rings. The number of nitrogens with two attached hydrogens (primary N) is 1. The first kappa shape index (κ1) is 17.5. The standard InChI is InChI=1S/C21H20ClNO2/c1-25-19-4-2-3-17(13-19)14-5-7-16(8-6-14)21(24)20(23)15-9-11-18(22)12-10-15/h2-13,20-21,24H,23H2,1H3/t20-,21+/m0/s1. The van der Waals surface area contributed by atoms with Gasteiger partial charge in [-0.1, -0.05) is 60.1 Å². The van der Waals surface area contributed by atoms with E-state index < -0.39 is 12.1 Å². The molecule has 0 aliphatic carbocycles. The van der Waals surface area contributed by atoms with E-state index in [2.05, 4.69) is 0 Å². The van der Waals surface area contributed by atoms with Gasteiger partial charge in [0.25, 0.3) is 0 Å². The summed E-state index contributed by atoms with van der Waals surface area (Å²) in [5.41, 5.74) is 9.92. The number of hydrogen-bond donors (Lipinski definition) is 2. The lowest BCUT2D eigenvalue weighted by molar-refractivity contribution is 0.147. The van der Waals surface area contributed by atoms with Crippen molar-refractivity contribution in [2.24, 2.45) is 5.73 Å².